The molecular formula is C12H10F2O4. The fraction of sp³-hybridized carbons (Fsp3) is 0.167. The van der Waals surface area contributed by atoms with Crippen LogP contribution in [0.25, 0.3) is 0 Å². The van der Waals surface area contributed by atoms with Gasteiger partial charge in [-0.05, 0) is 31.2 Å². The Bertz CT molecular complexity index is 465. The molecule has 0 aliphatic carbocycles. The van der Waals surface area contributed by atoms with Crippen LogP contribution in [0.1, 0.15) is 6.92 Å². The number of benzene rings is 1. The van der Waals surface area contributed by atoms with E-state index in [1.807, 2.05) is 0 Å². The van der Waals surface area contributed by atoms with Crippen LogP contribution in [-0.4, -0.2) is 18.4 Å². The van der Waals surface area contributed by atoms with Crippen molar-refractivity contribution in [3.63, 3.8) is 0 Å². The highest BCUT2D eigenvalue weighted by molar-refractivity contribution is 5.88. The van der Waals surface area contributed by atoms with Gasteiger partial charge in [-0.2, -0.15) is 8.78 Å². The Morgan fingerprint density at radius 1 is 1.11 bits per heavy atom. The lowest BCUT2D eigenvalue weighted by Gasteiger charge is -2.06. The summed E-state index contributed by atoms with van der Waals surface area (Å²) in [5.74, 6) is -2.11. The number of esters is 2. The molecule has 1 rings (SSSR count). The number of carbonyl (C=O) groups excluding carboxylic acids is 2. The normalized spacial score (nSPS) is 10.0. The number of halogens is 2. The summed E-state index contributed by atoms with van der Waals surface area (Å²) in [4.78, 5) is 21.8. The SMILES string of the molecule is C=C(C)C(=O)Oc1ccc(OC(=O)C(F)F)cc1. The third kappa shape index (κ3) is 3.97. The Labute approximate surface area is 102 Å². The van der Waals surface area contributed by atoms with Gasteiger partial charge in [-0.25, -0.2) is 9.59 Å². The maximum atomic E-state index is 11.9. The second-order valence-corrected chi connectivity index (χ2v) is 3.36. The standard InChI is InChI=1S/C12H10F2O4/c1-7(2)11(15)17-8-3-5-9(6-4-8)18-12(16)10(13)14/h3-6,10H,1H2,2H3. The van der Waals surface area contributed by atoms with E-state index in [2.05, 4.69) is 11.3 Å². The smallest absolute Gasteiger partial charge is 0.379 e. The molecule has 0 aliphatic rings. The van der Waals surface area contributed by atoms with Gasteiger partial charge >= 0.3 is 18.4 Å². The molecular weight excluding hydrogens is 246 g/mol. The molecule has 0 saturated carbocycles. The van der Waals surface area contributed by atoms with Gasteiger partial charge in [0.15, 0.2) is 0 Å². The summed E-state index contributed by atoms with van der Waals surface area (Å²) < 4.78 is 33.0. The summed E-state index contributed by atoms with van der Waals surface area (Å²) >= 11 is 0. The first-order valence-corrected chi connectivity index (χ1v) is 4.87. The molecule has 96 valence electrons. The first-order valence-electron chi connectivity index (χ1n) is 4.87. The third-order valence-corrected chi connectivity index (χ3v) is 1.78. The van der Waals surface area contributed by atoms with E-state index in [0.29, 0.717) is 0 Å². The Morgan fingerprint density at radius 3 is 1.94 bits per heavy atom. The van der Waals surface area contributed by atoms with Crippen LogP contribution in [0.15, 0.2) is 36.4 Å². The van der Waals surface area contributed by atoms with Crippen molar-refractivity contribution >= 4 is 11.9 Å². The first-order chi connectivity index (χ1) is 8.40. The summed E-state index contributed by atoms with van der Waals surface area (Å²) in [6.45, 7) is 4.89. The van der Waals surface area contributed by atoms with Gasteiger partial charge in [-0.15, -0.1) is 0 Å². The van der Waals surface area contributed by atoms with Crippen molar-refractivity contribution in [3.8, 4) is 11.5 Å². The van der Waals surface area contributed by atoms with Gasteiger partial charge in [-0.3, -0.25) is 0 Å². The van der Waals surface area contributed by atoms with Crippen LogP contribution in [0.4, 0.5) is 8.78 Å². The quantitative estimate of drug-likeness (QED) is 0.471. The van der Waals surface area contributed by atoms with Crippen LogP contribution in [-0.2, 0) is 9.59 Å². The van der Waals surface area contributed by atoms with E-state index < -0.39 is 18.4 Å². The van der Waals surface area contributed by atoms with Crippen LogP contribution in [0.5, 0.6) is 11.5 Å². The highest BCUT2D eigenvalue weighted by Gasteiger charge is 2.17. The minimum absolute atomic E-state index is 0.0598. The topological polar surface area (TPSA) is 52.6 Å². The fourth-order valence-corrected chi connectivity index (χ4v) is 0.931. The van der Waals surface area contributed by atoms with Crippen molar-refractivity contribution in [2.24, 2.45) is 0 Å². The minimum Gasteiger partial charge on any atom is -0.423 e. The molecule has 1 aromatic carbocycles. The zero-order valence-corrected chi connectivity index (χ0v) is 9.48. The summed E-state index contributed by atoms with van der Waals surface area (Å²) in [6.07, 6.45) is -3.19. The molecule has 0 amide bonds. The molecule has 0 aromatic heterocycles. The Balaban J connectivity index is 2.66. The van der Waals surface area contributed by atoms with Crippen LogP contribution in [0.2, 0.25) is 0 Å². The number of hydrogen-bond acceptors (Lipinski definition) is 4. The molecule has 0 radical (unpaired) electrons. The fourth-order valence-electron chi connectivity index (χ4n) is 0.931. The van der Waals surface area contributed by atoms with Gasteiger partial charge in [0.25, 0.3) is 0 Å². The van der Waals surface area contributed by atoms with E-state index in [9.17, 15) is 18.4 Å². The molecule has 0 bridgehead atoms. The molecule has 0 spiro atoms. The van der Waals surface area contributed by atoms with Gasteiger partial charge in [0, 0.05) is 5.57 Å². The molecule has 4 nitrogen and oxygen atoms in total. The van der Waals surface area contributed by atoms with Crippen molar-refractivity contribution in [2.45, 2.75) is 13.3 Å². The van der Waals surface area contributed by atoms with Crippen molar-refractivity contribution in [1.82, 2.24) is 0 Å². The summed E-state index contributed by atoms with van der Waals surface area (Å²) in [5.41, 5.74) is 0.225. The third-order valence-electron chi connectivity index (χ3n) is 1.78. The van der Waals surface area contributed by atoms with Crippen LogP contribution < -0.4 is 9.47 Å². The number of hydrogen-bond donors (Lipinski definition) is 0. The largest absolute Gasteiger partial charge is 0.423 e. The molecule has 0 unspecified atom stereocenters. The molecule has 0 N–H and O–H groups in total. The van der Waals surface area contributed by atoms with E-state index in [4.69, 9.17) is 4.74 Å². The molecule has 0 heterocycles. The van der Waals surface area contributed by atoms with E-state index in [1.54, 1.807) is 0 Å². The van der Waals surface area contributed by atoms with Crippen molar-refractivity contribution in [3.05, 3.63) is 36.4 Å². The predicted octanol–water partition coefficient (Wildman–Crippen LogP) is 2.34. The average Bonchev–Trinajstić information content (AvgIpc) is 2.31. The van der Waals surface area contributed by atoms with E-state index in [1.165, 1.54) is 31.2 Å². The zero-order chi connectivity index (χ0) is 13.7. The van der Waals surface area contributed by atoms with Crippen molar-refractivity contribution in [2.75, 3.05) is 0 Å². The van der Waals surface area contributed by atoms with Crippen LogP contribution in [0, 0.1) is 0 Å². The average molecular weight is 256 g/mol. The second kappa shape index (κ2) is 5.90. The monoisotopic (exact) mass is 256 g/mol. The minimum atomic E-state index is -3.19. The second-order valence-electron chi connectivity index (χ2n) is 3.36. The van der Waals surface area contributed by atoms with Crippen molar-refractivity contribution < 1.29 is 27.8 Å². The summed E-state index contributed by atoms with van der Waals surface area (Å²) in [7, 11) is 0. The van der Waals surface area contributed by atoms with Gasteiger partial charge in [0.05, 0.1) is 0 Å². The number of ether oxygens (including phenoxy) is 2. The molecule has 0 aliphatic heterocycles. The molecule has 0 saturated heterocycles. The highest BCUT2D eigenvalue weighted by atomic mass is 19.3. The zero-order valence-electron chi connectivity index (χ0n) is 9.48. The van der Waals surface area contributed by atoms with Crippen molar-refractivity contribution in [1.29, 1.82) is 0 Å². The van der Waals surface area contributed by atoms with Crippen LogP contribution in [0.3, 0.4) is 0 Å². The Morgan fingerprint density at radius 2 is 1.56 bits per heavy atom. The molecule has 6 heteroatoms. The lowest BCUT2D eigenvalue weighted by Crippen LogP contribution is -2.17. The Hall–Kier alpha value is -2.24. The number of carbonyl (C=O) groups is 2. The molecule has 1 aromatic rings. The first kappa shape index (κ1) is 13.8. The van der Waals surface area contributed by atoms with Gasteiger partial charge in [0.1, 0.15) is 11.5 Å². The maximum absolute atomic E-state index is 11.9. The van der Waals surface area contributed by atoms with Crippen LogP contribution >= 0.6 is 0 Å². The van der Waals surface area contributed by atoms with Gasteiger partial charge in [-0.1, -0.05) is 6.58 Å². The summed E-state index contributed by atoms with van der Waals surface area (Å²) in [6, 6.07) is 5.10. The lowest BCUT2D eigenvalue weighted by atomic mass is 10.3. The van der Waals surface area contributed by atoms with E-state index in [0.717, 1.165) is 0 Å². The molecule has 18 heavy (non-hydrogen) atoms. The van der Waals surface area contributed by atoms with E-state index in [-0.39, 0.29) is 17.1 Å². The number of alkyl halides is 2. The van der Waals surface area contributed by atoms with Gasteiger partial charge < -0.3 is 9.47 Å². The Kier molecular flexibility index (Phi) is 4.53. The maximum Gasteiger partial charge on any atom is 0.379 e. The summed E-state index contributed by atoms with van der Waals surface area (Å²) in [5, 5.41) is 0. The van der Waals surface area contributed by atoms with E-state index >= 15 is 0 Å². The predicted molar refractivity (Wildman–Crippen MR) is 58.5 cm³/mol. The van der Waals surface area contributed by atoms with Gasteiger partial charge in [0.2, 0.25) is 0 Å². The lowest BCUT2D eigenvalue weighted by molar-refractivity contribution is -0.146. The number of rotatable bonds is 4. The molecule has 0 atom stereocenters. The highest BCUT2D eigenvalue weighted by Crippen LogP contribution is 2.19. The molecule has 0 fully saturated rings.